The van der Waals surface area contributed by atoms with Crippen molar-refractivity contribution in [1.29, 1.82) is 0 Å². The maximum Gasteiger partial charge on any atom is 0.335 e. The summed E-state index contributed by atoms with van der Waals surface area (Å²) in [6.07, 6.45) is 1.17. The number of carbonyl (C=O) groups excluding carboxylic acids is 1. The fourth-order valence-electron chi connectivity index (χ4n) is 3.24. The van der Waals surface area contributed by atoms with Gasteiger partial charge in [0.15, 0.2) is 0 Å². The summed E-state index contributed by atoms with van der Waals surface area (Å²) in [5.74, 6) is 0.224. The molecule has 130 valence electrons. The first kappa shape index (κ1) is 17.0. The fraction of sp³-hybridized carbons (Fsp3) is 0.300. The lowest BCUT2D eigenvalue weighted by atomic mass is 9.98. The van der Waals surface area contributed by atoms with Crippen LogP contribution in [0.4, 0.5) is 0 Å². The van der Waals surface area contributed by atoms with E-state index in [2.05, 4.69) is 0 Å². The number of carboxylic acid groups (broad SMARTS) is 1. The van der Waals surface area contributed by atoms with E-state index in [4.69, 9.17) is 9.84 Å². The molecule has 0 radical (unpaired) electrons. The Kier molecular flexibility index (Phi) is 5.03. The minimum Gasteiger partial charge on any atom is -0.497 e. The molecule has 3 rings (SSSR count). The Morgan fingerprint density at radius 1 is 1.20 bits per heavy atom. The monoisotopic (exact) mass is 339 g/mol. The highest BCUT2D eigenvalue weighted by atomic mass is 16.5. The smallest absolute Gasteiger partial charge is 0.335 e. The van der Waals surface area contributed by atoms with E-state index < -0.39 is 5.97 Å². The van der Waals surface area contributed by atoms with Gasteiger partial charge in [-0.3, -0.25) is 4.79 Å². The standard InChI is InChI=1S/C20H21NO4/c1-25-18-7-5-15(6-8-18)17-9-10-21(13-17)19(22)12-14-3-2-4-16(11-14)20(23)24/h2-8,11,17H,9-10,12-13H2,1H3,(H,23,24)/t17-/m0/s1. The average Bonchev–Trinajstić information content (AvgIpc) is 3.12. The highest BCUT2D eigenvalue weighted by molar-refractivity contribution is 5.88. The molecule has 1 atom stereocenters. The van der Waals surface area contributed by atoms with Gasteiger partial charge in [-0.2, -0.15) is 0 Å². The van der Waals surface area contributed by atoms with Crippen LogP contribution >= 0.6 is 0 Å². The second kappa shape index (κ2) is 7.38. The molecule has 1 fully saturated rings. The van der Waals surface area contributed by atoms with Crippen LogP contribution in [0.2, 0.25) is 0 Å². The van der Waals surface area contributed by atoms with E-state index in [1.165, 1.54) is 11.6 Å². The molecule has 2 aromatic rings. The zero-order valence-electron chi connectivity index (χ0n) is 14.1. The minimum atomic E-state index is -0.977. The summed E-state index contributed by atoms with van der Waals surface area (Å²) in [7, 11) is 1.64. The van der Waals surface area contributed by atoms with Crippen molar-refractivity contribution in [3.05, 3.63) is 65.2 Å². The average molecular weight is 339 g/mol. The molecule has 1 saturated heterocycles. The van der Waals surface area contributed by atoms with Gasteiger partial charge in [0.2, 0.25) is 5.91 Å². The highest BCUT2D eigenvalue weighted by Crippen LogP contribution is 2.28. The number of rotatable bonds is 5. The molecule has 1 heterocycles. The Morgan fingerprint density at radius 2 is 1.96 bits per heavy atom. The molecular formula is C20H21NO4. The van der Waals surface area contributed by atoms with Gasteiger partial charge in [-0.25, -0.2) is 4.79 Å². The number of carboxylic acids is 1. The summed E-state index contributed by atoms with van der Waals surface area (Å²) in [5, 5.41) is 9.05. The van der Waals surface area contributed by atoms with Gasteiger partial charge in [0.1, 0.15) is 5.75 Å². The second-order valence-electron chi connectivity index (χ2n) is 6.28. The molecule has 1 amide bonds. The number of hydrogen-bond acceptors (Lipinski definition) is 3. The molecule has 2 aromatic carbocycles. The van der Waals surface area contributed by atoms with Crippen molar-refractivity contribution in [2.75, 3.05) is 20.2 Å². The lowest BCUT2D eigenvalue weighted by molar-refractivity contribution is -0.129. The molecule has 25 heavy (non-hydrogen) atoms. The van der Waals surface area contributed by atoms with Crippen LogP contribution in [0, 0.1) is 0 Å². The quantitative estimate of drug-likeness (QED) is 0.909. The molecule has 1 aliphatic heterocycles. The molecule has 1 N–H and O–H groups in total. The van der Waals surface area contributed by atoms with Crippen LogP contribution in [0.3, 0.4) is 0 Å². The van der Waals surface area contributed by atoms with Crippen molar-refractivity contribution in [2.45, 2.75) is 18.8 Å². The number of nitrogens with zero attached hydrogens (tertiary/aromatic N) is 1. The van der Waals surface area contributed by atoms with Gasteiger partial charge in [-0.05, 0) is 41.8 Å². The molecule has 0 aromatic heterocycles. The normalized spacial score (nSPS) is 16.7. The van der Waals surface area contributed by atoms with Crippen molar-refractivity contribution in [3.8, 4) is 5.75 Å². The third-order valence-corrected chi connectivity index (χ3v) is 4.66. The van der Waals surface area contributed by atoms with Crippen LogP contribution in [-0.4, -0.2) is 42.1 Å². The zero-order valence-corrected chi connectivity index (χ0v) is 14.1. The maximum atomic E-state index is 12.5. The van der Waals surface area contributed by atoms with Gasteiger partial charge in [-0.15, -0.1) is 0 Å². The third-order valence-electron chi connectivity index (χ3n) is 4.66. The number of ether oxygens (including phenoxy) is 1. The Hall–Kier alpha value is -2.82. The van der Waals surface area contributed by atoms with E-state index in [-0.39, 0.29) is 17.9 Å². The lowest BCUT2D eigenvalue weighted by Gasteiger charge is -2.17. The summed E-state index contributed by atoms with van der Waals surface area (Å²) in [5.41, 5.74) is 2.16. The third kappa shape index (κ3) is 3.99. The number of methoxy groups -OCH3 is 1. The van der Waals surface area contributed by atoms with E-state index in [0.717, 1.165) is 24.3 Å². The lowest BCUT2D eigenvalue weighted by Crippen LogP contribution is -2.29. The number of aromatic carboxylic acids is 1. The van der Waals surface area contributed by atoms with E-state index in [1.54, 1.807) is 25.3 Å². The first-order valence-electron chi connectivity index (χ1n) is 8.31. The molecule has 0 unspecified atom stereocenters. The Balaban J connectivity index is 1.62. The molecule has 5 nitrogen and oxygen atoms in total. The topological polar surface area (TPSA) is 66.8 Å². The van der Waals surface area contributed by atoms with Crippen molar-refractivity contribution >= 4 is 11.9 Å². The molecule has 0 aliphatic carbocycles. The summed E-state index contributed by atoms with van der Waals surface area (Å²) in [4.78, 5) is 25.4. The van der Waals surface area contributed by atoms with Gasteiger partial charge in [0.05, 0.1) is 19.1 Å². The highest BCUT2D eigenvalue weighted by Gasteiger charge is 2.27. The van der Waals surface area contributed by atoms with Crippen LogP contribution in [0.1, 0.15) is 33.8 Å². The SMILES string of the molecule is COc1ccc([C@H]2CCN(C(=O)Cc3cccc(C(=O)O)c3)C2)cc1. The van der Waals surface area contributed by atoms with Crippen molar-refractivity contribution in [2.24, 2.45) is 0 Å². The molecule has 0 saturated carbocycles. The first-order valence-corrected chi connectivity index (χ1v) is 8.31. The number of amides is 1. The van der Waals surface area contributed by atoms with Crippen molar-refractivity contribution in [3.63, 3.8) is 0 Å². The minimum absolute atomic E-state index is 0.0403. The van der Waals surface area contributed by atoms with Gasteiger partial charge >= 0.3 is 5.97 Å². The summed E-state index contributed by atoms with van der Waals surface area (Å²) < 4.78 is 5.18. The Bertz CT molecular complexity index is 770. The van der Waals surface area contributed by atoms with Gasteiger partial charge in [-0.1, -0.05) is 24.3 Å². The van der Waals surface area contributed by atoms with Crippen LogP contribution in [-0.2, 0) is 11.2 Å². The number of hydrogen-bond donors (Lipinski definition) is 1. The predicted molar refractivity (Wildman–Crippen MR) is 94.0 cm³/mol. The number of carbonyl (C=O) groups is 2. The van der Waals surface area contributed by atoms with Crippen LogP contribution in [0.5, 0.6) is 5.75 Å². The summed E-state index contributed by atoms with van der Waals surface area (Å²) in [6.45, 7) is 1.43. The zero-order chi connectivity index (χ0) is 17.8. The molecule has 1 aliphatic rings. The fourth-order valence-corrected chi connectivity index (χ4v) is 3.24. The second-order valence-corrected chi connectivity index (χ2v) is 6.28. The molecule has 5 heteroatoms. The van der Waals surface area contributed by atoms with Crippen molar-refractivity contribution < 1.29 is 19.4 Å². The van der Waals surface area contributed by atoms with E-state index in [9.17, 15) is 9.59 Å². The van der Waals surface area contributed by atoms with E-state index in [0.29, 0.717) is 12.5 Å². The van der Waals surface area contributed by atoms with Gasteiger partial charge < -0.3 is 14.7 Å². The van der Waals surface area contributed by atoms with Gasteiger partial charge in [0, 0.05) is 19.0 Å². The first-order chi connectivity index (χ1) is 12.1. The largest absolute Gasteiger partial charge is 0.497 e. The summed E-state index contributed by atoms with van der Waals surface area (Å²) in [6, 6.07) is 14.6. The number of benzene rings is 2. The maximum absolute atomic E-state index is 12.5. The van der Waals surface area contributed by atoms with Crippen LogP contribution < -0.4 is 4.74 Å². The Morgan fingerprint density at radius 3 is 2.64 bits per heavy atom. The van der Waals surface area contributed by atoms with Crippen LogP contribution in [0.15, 0.2) is 48.5 Å². The molecular weight excluding hydrogens is 318 g/mol. The predicted octanol–water partition coefficient (Wildman–Crippen LogP) is 2.95. The van der Waals surface area contributed by atoms with Crippen molar-refractivity contribution in [1.82, 2.24) is 4.90 Å². The number of likely N-dealkylation sites (tertiary alicyclic amines) is 1. The summed E-state index contributed by atoms with van der Waals surface area (Å²) >= 11 is 0. The Labute approximate surface area is 146 Å². The van der Waals surface area contributed by atoms with Crippen LogP contribution in [0.25, 0.3) is 0 Å². The molecule has 0 spiro atoms. The van der Waals surface area contributed by atoms with E-state index in [1.807, 2.05) is 29.2 Å². The van der Waals surface area contributed by atoms with E-state index >= 15 is 0 Å². The van der Waals surface area contributed by atoms with Gasteiger partial charge in [0.25, 0.3) is 0 Å². The molecule has 0 bridgehead atoms.